The van der Waals surface area contributed by atoms with Gasteiger partial charge in [0.05, 0.1) is 12.8 Å². The van der Waals surface area contributed by atoms with Crippen molar-refractivity contribution in [3.8, 4) is 5.75 Å². The summed E-state index contributed by atoms with van der Waals surface area (Å²) in [6.45, 7) is 0.320. The molecule has 0 bridgehead atoms. The van der Waals surface area contributed by atoms with Gasteiger partial charge in [-0.15, -0.1) is 0 Å². The van der Waals surface area contributed by atoms with Crippen molar-refractivity contribution in [2.45, 2.75) is 6.61 Å². The fourth-order valence-electron chi connectivity index (χ4n) is 3.29. The summed E-state index contributed by atoms with van der Waals surface area (Å²) >= 11 is 0. The highest BCUT2D eigenvalue weighted by Crippen LogP contribution is 2.18. The van der Waals surface area contributed by atoms with Crippen LogP contribution in [-0.4, -0.2) is 24.6 Å². The summed E-state index contributed by atoms with van der Waals surface area (Å²) < 4.78 is 5.75. The van der Waals surface area contributed by atoms with E-state index in [1.807, 2.05) is 91.0 Å². The molecule has 0 atom stereocenters. The van der Waals surface area contributed by atoms with Gasteiger partial charge in [0, 0.05) is 5.56 Å². The number of fused-ring (bicyclic) bond motifs is 1. The largest absolute Gasteiger partial charge is 0.489 e. The van der Waals surface area contributed by atoms with Gasteiger partial charge in [-0.2, -0.15) is 5.10 Å². The Kier molecular flexibility index (Phi) is 7.08. The highest BCUT2D eigenvalue weighted by Gasteiger charge is 2.10. The van der Waals surface area contributed by atoms with Crippen molar-refractivity contribution in [3.63, 3.8) is 0 Å². The number of ether oxygens (including phenoxy) is 1. The van der Waals surface area contributed by atoms with Crippen LogP contribution in [0.3, 0.4) is 0 Å². The van der Waals surface area contributed by atoms with E-state index in [0.29, 0.717) is 12.2 Å². The molecule has 0 saturated carbocycles. The Hall–Kier alpha value is -4.45. The number of carbonyl (C=O) groups excluding carboxylic acids is 2. The first-order valence-electron chi connectivity index (χ1n) is 10.5. The fraction of sp³-hybridized carbons (Fsp3) is 0.0741. The maximum atomic E-state index is 12.5. The zero-order valence-electron chi connectivity index (χ0n) is 17.9. The molecule has 4 aromatic rings. The number of hydrazone groups is 1. The first kappa shape index (κ1) is 21.8. The van der Waals surface area contributed by atoms with E-state index in [4.69, 9.17) is 4.74 Å². The number of rotatable bonds is 8. The second kappa shape index (κ2) is 10.7. The molecule has 164 valence electrons. The second-order valence-electron chi connectivity index (χ2n) is 7.35. The summed E-state index contributed by atoms with van der Waals surface area (Å²) in [6.07, 6.45) is 1.53. The number of nitrogens with zero attached hydrogens (tertiary/aromatic N) is 1. The Balaban J connectivity index is 1.24. The van der Waals surface area contributed by atoms with Gasteiger partial charge in [-0.25, -0.2) is 5.43 Å². The van der Waals surface area contributed by atoms with E-state index in [-0.39, 0.29) is 12.5 Å². The maximum absolute atomic E-state index is 12.5. The Morgan fingerprint density at radius 3 is 2.36 bits per heavy atom. The Morgan fingerprint density at radius 1 is 0.818 bits per heavy atom. The van der Waals surface area contributed by atoms with Gasteiger partial charge >= 0.3 is 0 Å². The molecule has 6 nitrogen and oxygen atoms in total. The smallest absolute Gasteiger partial charge is 0.259 e. The molecule has 0 fully saturated rings. The number of benzene rings is 4. The zero-order valence-corrected chi connectivity index (χ0v) is 17.9. The summed E-state index contributed by atoms with van der Waals surface area (Å²) in [5.74, 6) is 0.0239. The van der Waals surface area contributed by atoms with Gasteiger partial charge in [0.15, 0.2) is 0 Å². The van der Waals surface area contributed by atoms with Crippen LogP contribution in [0.1, 0.15) is 21.5 Å². The van der Waals surface area contributed by atoms with Crippen LogP contribution in [-0.2, 0) is 11.4 Å². The monoisotopic (exact) mass is 437 g/mol. The zero-order chi connectivity index (χ0) is 22.9. The van der Waals surface area contributed by atoms with Crippen molar-refractivity contribution in [3.05, 3.63) is 114 Å². The molecule has 6 heteroatoms. The molecule has 0 saturated heterocycles. The van der Waals surface area contributed by atoms with Gasteiger partial charge in [-0.3, -0.25) is 9.59 Å². The van der Waals surface area contributed by atoms with Crippen LogP contribution in [0.4, 0.5) is 0 Å². The fourth-order valence-corrected chi connectivity index (χ4v) is 3.29. The van der Waals surface area contributed by atoms with Crippen molar-refractivity contribution in [1.82, 2.24) is 10.7 Å². The highest BCUT2D eigenvalue weighted by molar-refractivity contribution is 6.07. The number of carbonyl (C=O) groups is 2. The van der Waals surface area contributed by atoms with E-state index < -0.39 is 5.91 Å². The standard InChI is InChI=1S/C27H23N3O3/c31-26(18-28-27(32)25-12-6-10-22-9-4-5-11-24(22)25)30-29-17-20-13-15-23(16-14-20)33-19-21-7-2-1-3-8-21/h1-17H,18-19H2,(H,28,32)(H,30,31). The van der Waals surface area contributed by atoms with E-state index in [9.17, 15) is 9.59 Å². The van der Waals surface area contributed by atoms with Crippen molar-refractivity contribution in [2.24, 2.45) is 5.10 Å². The van der Waals surface area contributed by atoms with Crippen molar-refractivity contribution in [2.75, 3.05) is 6.54 Å². The minimum atomic E-state index is -0.414. The first-order valence-corrected chi connectivity index (χ1v) is 10.5. The summed E-state index contributed by atoms with van der Waals surface area (Å²) in [5.41, 5.74) is 4.85. The van der Waals surface area contributed by atoms with Gasteiger partial charge in [0.25, 0.3) is 11.8 Å². The van der Waals surface area contributed by atoms with Gasteiger partial charge in [0.1, 0.15) is 12.4 Å². The molecule has 0 aliphatic heterocycles. The van der Waals surface area contributed by atoms with Gasteiger partial charge in [-0.1, -0.05) is 66.7 Å². The van der Waals surface area contributed by atoms with Gasteiger partial charge in [-0.05, 0) is 52.2 Å². The van der Waals surface area contributed by atoms with E-state index in [2.05, 4.69) is 15.8 Å². The quantitative estimate of drug-likeness (QED) is 0.319. The molecule has 2 N–H and O–H groups in total. The third-order valence-corrected chi connectivity index (χ3v) is 4.98. The van der Waals surface area contributed by atoms with Crippen molar-refractivity contribution < 1.29 is 14.3 Å². The lowest BCUT2D eigenvalue weighted by Gasteiger charge is -2.07. The maximum Gasteiger partial charge on any atom is 0.259 e. The lowest BCUT2D eigenvalue weighted by molar-refractivity contribution is -0.120. The minimum Gasteiger partial charge on any atom is -0.489 e. The lowest BCUT2D eigenvalue weighted by Crippen LogP contribution is -2.35. The third-order valence-electron chi connectivity index (χ3n) is 4.98. The molecule has 0 unspecified atom stereocenters. The average Bonchev–Trinajstić information content (AvgIpc) is 2.87. The molecule has 0 spiro atoms. The predicted molar refractivity (Wildman–Crippen MR) is 129 cm³/mol. The summed E-state index contributed by atoms with van der Waals surface area (Å²) in [7, 11) is 0. The van der Waals surface area contributed by atoms with Crippen LogP contribution >= 0.6 is 0 Å². The van der Waals surface area contributed by atoms with Crippen LogP contribution in [0.15, 0.2) is 102 Å². The lowest BCUT2D eigenvalue weighted by atomic mass is 10.0. The van der Waals surface area contributed by atoms with Crippen LogP contribution in [0, 0.1) is 0 Å². The highest BCUT2D eigenvalue weighted by atomic mass is 16.5. The number of hydrogen-bond donors (Lipinski definition) is 2. The summed E-state index contributed by atoms with van der Waals surface area (Å²) in [6, 6.07) is 30.4. The molecule has 4 aromatic carbocycles. The Morgan fingerprint density at radius 2 is 1.55 bits per heavy atom. The third kappa shape index (κ3) is 6.04. The molecule has 0 aliphatic carbocycles. The van der Waals surface area contributed by atoms with Crippen molar-refractivity contribution in [1.29, 1.82) is 0 Å². The average molecular weight is 437 g/mol. The molecule has 0 heterocycles. The molecular weight excluding hydrogens is 414 g/mol. The molecular formula is C27H23N3O3. The van der Waals surface area contributed by atoms with Crippen LogP contribution in [0.25, 0.3) is 10.8 Å². The van der Waals surface area contributed by atoms with E-state index in [0.717, 1.165) is 27.6 Å². The van der Waals surface area contributed by atoms with Crippen LogP contribution in [0.5, 0.6) is 5.75 Å². The summed E-state index contributed by atoms with van der Waals surface area (Å²) in [5, 5.41) is 8.39. The number of nitrogens with one attached hydrogen (secondary N) is 2. The predicted octanol–water partition coefficient (Wildman–Crippen LogP) is 4.30. The van der Waals surface area contributed by atoms with Crippen LogP contribution < -0.4 is 15.5 Å². The van der Waals surface area contributed by atoms with Gasteiger partial charge < -0.3 is 10.1 Å². The van der Waals surface area contributed by atoms with Crippen molar-refractivity contribution >= 4 is 28.8 Å². The molecule has 0 radical (unpaired) electrons. The van der Waals surface area contributed by atoms with Crippen LogP contribution in [0.2, 0.25) is 0 Å². The van der Waals surface area contributed by atoms with E-state index in [1.165, 1.54) is 6.21 Å². The SMILES string of the molecule is O=C(CNC(=O)c1cccc2ccccc12)NN=Cc1ccc(OCc2ccccc2)cc1. The second-order valence-corrected chi connectivity index (χ2v) is 7.35. The topological polar surface area (TPSA) is 79.8 Å². The first-order chi connectivity index (χ1) is 16.2. The molecule has 0 aliphatic rings. The number of hydrogen-bond acceptors (Lipinski definition) is 4. The normalized spacial score (nSPS) is 10.8. The molecule has 0 aromatic heterocycles. The summed E-state index contributed by atoms with van der Waals surface area (Å²) in [4.78, 5) is 24.5. The molecule has 33 heavy (non-hydrogen) atoms. The number of amides is 2. The van der Waals surface area contributed by atoms with E-state index >= 15 is 0 Å². The minimum absolute atomic E-state index is 0.175. The Bertz CT molecular complexity index is 1260. The molecule has 2 amide bonds. The van der Waals surface area contributed by atoms with E-state index in [1.54, 1.807) is 6.07 Å². The van der Waals surface area contributed by atoms with Gasteiger partial charge in [0.2, 0.25) is 0 Å². The Labute approximate surface area is 191 Å². The molecule has 4 rings (SSSR count).